The Morgan fingerprint density at radius 2 is 2.10 bits per heavy atom. The second-order valence-electron chi connectivity index (χ2n) is 4.77. The number of para-hydroxylation sites is 1. The van der Waals surface area contributed by atoms with Crippen LogP contribution in [0.4, 0.5) is 17.1 Å². The summed E-state index contributed by atoms with van der Waals surface area (Å²) < 4.78 is 0. The number of anilines is 2. The highest BCUT2D eigenvalue weighted by molar-refractivity contribution is 5.75. The number of nitro groups is 1. The van der Waals surface area contributed by atoms with Gasteiger partial charge < -0.3 is 15.6 Å². The zero-order valence-electron chi connectivity index (χ0n) is 12.2. The molecule has 0 saturated heterocycles. The van der Waals surface area contributed by atoms with Gasteiger partial charge in [-0.2, -0.15) is 0 Å². The molecule has 1 aromatic carbocycles. The Morgan fingerprint density at radius 3 is 2.65 bits per heavy atom. The van der Waals surface area contributed by atoms with Crippen LogP contribution in [0.25, 0.3) is 0 Å². The molecule has 7 nitrogen and oxygen atoms in total. The molecule has 0 fully saturated rings. The molecule has 1 unspecified atom stereocenters. The van der Waals surface area contributed by atoms with Gasteiger partial charge in [0.15, 0.2) is 0 Å². The molecular weight excluding hydrogens is 258 g/mol. The Labute approximate surface area is 119 Å². The van der Waals surface area contributed by atoms with Gasteiger partial charge in [0.05, 0.1) is 4.92 Å². The zero-order valence-corrected chi connectivity index (χ0v) is 12.2. The monoisotopic (exact) mass is 281 g/mol. The third kappa shape index (κ3) is 4.07. The Kier molecular flexibility index (Phi) is 6.20. The molecule has 0 radical (unpaired) electrons. The van der Waals surface area contributed by atoms with E-state index in [2.05, 4.69) is 29.5 Å². The van der Waals surface area contributed by atoms with Crippen molar-refractivity contribution in [3.8, 4) is 0 Å². The van der Waals surface area contributed by atoms with Crippen LogP contribution < -0.4 is 16.6 Å². The van der Waals surface area contributed by atoms with Crippen molar-refractivity contribution < 1.29 is 4.92 Å². The van der Waals surface area contributed by atoms with Gasteiger partial charge in [-0.25, -0.2) is 0 Å². The van der Waals surface area contributed by atoms with Gasteiger partial charge in [0, 0.05) is 19.1 Å². The summed E-state index contributed by atoms with van der Waals surface area (Å²) >= 11 is 0. The van der Waals surface area contributed by atoms with Crippen LogP contribution in [0.2, 0.25) is 0 Å². The highest BCUT2D eigenvalue weighted by Crippen LogP contribution is 2.31. The summed E-state index contributed by atoms with van der Waals surface area (Å²) in [7, 11) is 2.04. The number of nitrogens with two attached hydrogens (primary N) is 1. The molecule has 112 valence electrons. The van der Waals surface area contributed by atoms with Crippen molar-refractivity contribution in [2.24, 2.45) is 5.84 Å². The minimum atomic E-state index is -0.435. The number of likely N-dealkylation sites (N-methyl/N-ethyl adjacent to an activating group) is 1. The highest BCUT2D eigenvalue weighted by Gasteiger charge is 2.18. The predicted octanol–water partition coefficient (Wildman–Crippen LogP) is 2.02. The smallest absolute Gasteiger partial charge is 0.316 e. The maximum Gasteiger partial charge on any atom is 0.316 e. The van der Waals surface area contributed by atoms with Gasteiger partial charge in [-0.3, -0.25) is 16.0 Å². The molecule has 1 aromatic rings. The minimum absolute atomic E-state index is 0.0267. The van der Waals surface area contributed by atoms with E-state index in [9.17, 15) is 10.1 Å². The van der Waals surface area contributed by atoms with Crippen molar-refractivity contribution in [1.82, 2.24) is 4.90 Å². The molecule has 0 aromatic heterocycles. The maximum absolute atomic E-state index is 11.1. The quantitative estimate of drug-likeness (QED) is 0.383. The number of hydrogen-bond acceptors (Lipinski definition) is 6. The van der Waals surface area contributed by atoms with Crippen molar-refractivity contribution in [2.45, 2.75) is 26.3 Å². The van der Waals surface area contributed by atoms with E-state index in [4.69, 9.17) is 5.84 Å². The summed E-state index contributed by atoms with van der Waals surface area (Å²) in [6, 6.07) is 5.48. The number of rotatable bonds is 8. The number of nitrogens with zero attached hydrogens (tertiary/aromatic N) is 2. The third-order valence-corrected chi connectivity index (χ3v) is 3.50. The maximum atomic E-state index is 11.1. The van der Waals surface area contributed by atoms with Gasteiger partial charge in [0.2, 0.25) is 0 Å². The molecule has 0 bridgehead atoms. The van der Waals surface area contributed by atoms with Crippen LogP contribution in [-0.4, -0.2) is 36.0 Å². The summed E-state index contributed by atoms with van der Waals surface area (Å²) in [5, 5.41) is 14.2. The van der Waals surface area contributed by atoms with Gasteiger partial charge in [-0.05, 0) is 32.5 Å². The first kappa shape index (κ1) is 16.2. The normalized spacial score (nSPS) is 12.2. The molecule has 0 amide bonds. The first-order valence-electron chi connectivity index (χ1n) is 6.69. The lowest BCUT2D eigenvalue weighted by molar-refractivity contribution is -0.383. The molecule has 0 saturated carbocycles. The zero-order chi connectivity index (χ0) is 15.1. The summed E-state index contributed by atoms with van der Waals surface area (Å²) in [6.45, 7) is 5.74. The molecule has 1 rings (SSSR count). The van der Waals surface area contributed by atoms with E-state index in [1.54, 1.807) is 18.2 Å². The van der Waals surface area contributed by atoms with Crippen LogP contribution in [0.5, 0.6) is 0 Å². The van der Waals surface area contributed by atoms with Crippen LogP contribution in [0, 0.1) is 10.1 Å². The average Bonchev–Trinajstić information content (AvgIpc) is 2.45. The largest absolute Gasteiger partial charge is 0.378 e. The summed E-state index contributed by atoms with van der Waals surface area (Å²) in [6.07, 6.45) is 1.07. The summed E-state index contributed by atoms with van der Waals surface area (Å²) in [4.78, 5) is 12.9. The lowest BCUT2D eigenvalue weighted by Gasteiger charge is -2.23. The fourth-order valence-electron chi connectivity index (χ4n) is 1.90. The molecule has 7 heteroatoms. The van der Waals surface area contributed by atoms with E-state index in [1.165, 1.54) is 0 Å². The second kappa shape index (κ2) is 7.66. The number of nitrogens with one attached hydrogen (secondary N) is 2. The van der Waals surface area contributed by atoms with E-state index in [1.807, 2.05) is 7.05 Å². The number of hydrazine groups is 1. The van der Waals surface area contributed by atoms with E-state index in [0.29, 0.717) is 24.0 Å². The van der Waals surface area contributed by atoms with Crippen LogP contribution in [0.1, 0.15) is 20.3 Å². The Morgan fingerprint density at radius 1 is 1.45 bits per heavy atom. The molecule has 20 heavy (non-hydrogen) atoms. The standard InChI is InChI=1S/C13H23N5O2/c1-4-10(2)17(3)9-8-15-11-6-5-7-12(16-14)13(11)18(19)20/h5-7,10,15-16H,4,8-9,14H2,1-3H3. The van der Waals surface area contributed by atoms with Crippen molar-refractivity contribution in [3.63, 3.8) is 0 Å². The van der Waals surface area contributed by atoms with Crippen LogP contribution in [0.3, 0.4) is 0 Å². The lowest BCUT2D eigenvalue weighted by Crippen LogP contribution is -2.32. The molecule has 1 atom stereocenters. The summed E-state index contributed by atoms with van der Waals surface area (Å²) in [5.41, 5.74) is 3.10. The molecule has 0 heterocycles. The van der Waals surface area contributed by atoms with Gasteiger partial charge in [-0.1, -0.05) is 13.0 Å². The predicted molar refractivity (Wildman–Crippen MR) is 81.8 cm³/mol. The van der Waals surface area contributed by atoms with Crippen LogP contribution >= 0.6 is 0 Å². The van der Waals surface area contributed by atoms with Crippen molar-refractivity contribution in [3.05, 3.63) is 28.3 Å². The number of nitrogen functional groups attached to an aromatic ring is 1. The molecule has 0 aliphatic rings. The first-order chi connectivity index (χ1) is 9.51. The molecular formula is C13H23N5O2. The summed E-state index contributed by atoms with van der Waals surface area (Å²) in [5.74, 6) is 5.30. The van der Waals surface area contributed by atoms with Gasteiger partial charge in [-0.15, -0.1) is 0 Å². The van der Waals surface area contributed by atoms with E-state index >= 15 is 0 Å². The Bertz CT molecular complexity index is 452. The van der Waals surface area contributed by atoms with Gasteiger partial charge in [0.1, 0.15) is 11.4 Å². The molecule has 0 aliphatic heterocycles. The van der Waals surface area contributed by atoms with Gasteiger partial charge in [0.25, 0.3) is 0 Å². The average molecular weight is 281 g/mol. The van der Waals surface area contributed by atoms with Gasteiger partial charge >= 0.3 is 5.69 Å². The fraction of sp³-hybridized carbons (Fsp3) is 0.538. The number of nitro benzene ring substituents is 1. The Balaban J connectivity index is 2.71. The van der Waals surface area contributed by atoms with Crippen molar-refractivity contribution in [2.75, 3.05) is 30.9 Å². The SMILES string of the molecule is CCC(C)N(C)CCNc1cccc(NN)c1[N+](=O)[O-]. The number of benzene rings is 1. The van der Waals surface area contributed by atoms with Crippen LogP contribution in [0.15, 0.2) is 18.2 Å². The molecule has 0 aliphatic carbocycles. The topological polar surface area (TPSA) is 96.5 Å². The van der Waals surface area contributed by atoms with Crippen molar-refractivity contribution >= 4 is 17.1 Å². The molecule has 4 N–H and O–H groups in total. The Hall–Kier alpha value is -1.86. The fourth-order valence-corrected chi connectivity index (χ4v) is 1.90. The minimum Gasteiger partial charge on any atom is -0.378 e. The first-order valence-corrected chi connectivity index (χ1v) is 6.69. The number of hydrogen-bond donors (Lipinski definition) is 3. The van der Waals surface area contributed by atoms with Crippen LogP contribution in [-0.2, 0) is 0 Å². The highest BCUT2D eigenvalue weighted by atomic mass is 16.6. The third-order valence-electron chi connectivity index (χ3n) is 3.50. The second-order valence-corrected chi connectivity index (χ2v) is 4.77. The molecule has 0 spiro atoms. The lowest BCUT2D eigenvalue weighted by atomic mass is 10.2. The van der Waals surface area contributed by atoms with E-state index < -0.39 is 4.92 Å². The van der Waals surface area contributed by atoms with E-state index in [0.717, 1.165) is 13.0 Å². The van der Waals surface area contributed by atoms with Crippen molar-refractivity contribution in [1.29, 1.82) is 0 Å². The van der Waals surface area contributed by atoms with E-state index in [-0.39, 0.29) is 5.69 Å².